The smallest absolute Gasteiger partial charge is 0.193 e. The van der Waals surface area contributed by atoms with Crippen LogP contribution in [0.1, 0.15) is 10.5 Å². The highest BCUT2D eigenvalue weighted by Crippen LogP contribution is 2.03. The van der Waals surface area contributed by atoms with Crippen LogP contribution in [-0.2, 0) is 16.5 Å². The van der Waals surface area contributed by atoms with Gasteiger partial charge in [-0.2, -0.15) is 0 Å². The van der Waals surface area contributed by atoms with Crippen molar-refractivity contribution in [3.05, 3.63) is 24.0 Å². The molecule has 0 N–H and O–H groups in total. The molecule has 0 aliphatic carbocycles. The molecule has 0 bridgehead atoms. The molecule has 0 unspecified atom stereocenters. The molecule has 1 rings (SSSR count). The van der Waals surface area contributed by atoms with Crippen LogP contribution in [0.5, 0.6) is 0 Å². The number of ketones is 1. The zero-order valence-corrected chi connectivity index (χ0v) is 11.4. The topological polar surface area (TPSA) is 43.7 Å². The van der Waals surface area contributed by atoms with E-state index in [4.69, 9.17) is 9.47 Å². The van der Waals surface area contributed by atoms with E-state index >= 15 is 0 Å². The number of hydrogen-bond acceptors (Lipinski definition) is 4. The second-order valence-electron chi connectivity index (χ2n) is 4.19. The van der Waals surface area contributed by atoms with Crippen molar-refractivity contribution in [2.75, 3.05) is 47.1 Å². The number of carbonyl (C=O) groups is 1. The van der Waals surface area contributed by atoms with Crippen molar-refractivity contribution in [3.63, 3.8) is 0 Å². The second kappa shape index (κ2) is 8.02. The molecule has 0 saturated heterocycles. The van der Waals surface area contributed by atoms with Gasteiger partial charge in [0.15, 0.2) is 5.78 Å². The third-order valence-corrected chi connectivity index (χ3v) is 2.82. The normalized spacial score (nSPS) is 11.1. The van der Waals surface area contributed by atoms with Crippen LogP contribution in [0.15, 0.2) is 18.3 Å². The number of hydrogen-bond donors (Lipinski definition) is 0. The molecule has 0 radical (unpaired) electrons. The number of Topliss-reactive ketones (excluding diaryl/α,β-unsaturated/α-hetero) is 1. The maximum Gasteiger partial charge on any atom is 0.193 e. The Morgan fingerprint density at radius 1 is 1.28 bits per heavy atom. The molecule has 102 valence electrons. The van der Waals surface area contributed by atoms with Gasteiger partial charge in [0, 0.05) is 40.6 Å². The van der Waals surface area contributed by atoms with E-state index in [9.17, 15) is 4.79 Å². The Morgan fingerprint density at radius 2 is 1.89 bits per heavy atom. The highest BCUT2D eigenvalue weighted by molar-refractivity contribution is 5.96. The summed E-state index contributed by atoms with van der Waals surface area (Å²) < 4.78 is 11.9. The van der Waals surface area contributed by atoms with E-state index in [0.717, 1.165) is 18.8 Å². The van der Waals surface area contributed by atoms with Gasteiger partial charge >= 0.3 is 0 Å². The fraction of sp³-hybridized carbons (Fsp3) is 0.615. The standard InChI is InChI=1S/C13H22N2O3/c1-14-6-4-5-12(14)13(16)11-15(7-9-17-2)8-10-18-3/h4-6H,7-11H2,1-3H3. The van der Waals surface area contributed by atoms with Gasteiger partial charge in [-0.25, -0.2) is 0 Å². The maximum absolute atomic E-state index is 12.1. The largest absolute Gasteiger partial charge is 0.383 e. The molecule has 0 aromatic carbocycles. The fourth-order valence-electron chi connectivity index (χ4n) is 1.75. The minimum atomic E-state index is 0.120. The molecule has 5 heteroatoms. The first-order valence-corrected chi connectivity index (χ1v) is 6.03. The number of rotatable bonds is 9. The summed E-state index contributed by atoms with van der Waals surface area (Å²) >= 11 is 0. The summed E-state index contributed by atoms with van der Waals surface area (Å²) in [7, 11) is 5.20. The summed E-state index contributed by atoms with van der Waals surface area (Å²) in [6.07, 6.45) is 1.88. The van der Waals surface area contributed by atoms with Gasteiger partial charge < -0.3 is 14.0 Å². The van der Waals surface area contributed by atoms with Gasteiger partial charge in [-0.3, -0.25) is 9.69 Å². The molecule has 0 atom stereocenters. The number of methoxy groups -OCH3 is 2. The molecule has 0 aliphatic heterocycles. The molecular formula is C13H22N2O3. The number of ether oxygens (including phenoxy) is 2. The monoisotopic (exact) mass is 254 g/mol. The number of aryl methyl sites for hydroxylation is 1. The lowest BCUT2D eigenvalue weighted by Gasteiger charge is -2.20. The molecule has 1 aromatic heterocycles. The zero-order valence-electron chi connectivity index (χ0n) is 11.4. The predicted molar refractivity (Wildman–Crippen MR) is 69.9 cm³/mol. The van der Waals surface area contributed by atoms with Crippen LogP contribution in [0.3, 0.4) is 0 Å². The van der Waals surface area contributed by atoms with Crippen molar-refractivity contribution in [3.8, 4) is 0 Å². The molecule has 1 aromatic rings. The lowest BCUT2D eigenvalue weighted by Crippen LogP contribution is -2.35. The van der Waals surface area contributed by atoms with Crippen LogP contribution in [0.25, 0.3) is 0 Å². The molecule has 0 spiro atoms. The zero-order chi connectivity index (χ0) is 13.4. The second-order valence-corrected chi connectivity index (χ2v) is 4.19. The molecule has 0 fully saturated rings. The van der Waals surface area contributed by atoms with E-state index in [-0.39, 0.29) is 5.78 Å². The Hall–Kier alpha value is -1.17. The Bertz CT molecular complexity index is 355. The van der Waals surface area contributed by atoms with Crippen molar-refractivity contribution >= 4 is 5.78 Å². The average Bonchev–Trinajstić information content (AvgIpc) is 2.78. The first-order chi connectivity index (χ1) is 8.69. The van der Waals surface area contributed by atoms with Crippen molar-refractivity contribution in [1.29, 1.82) is 0 Å². The van der Waals surface area contributed by atoms with Crippen LogP contribution in [0, 0.1) is 0 Å². The lowest BCUT2D eigenvalue weighted by molar-refractivity contribution is 0.0830. The quantitative estimate of drug-likeness (QED) is 0.612. The molecule has 0 aliphatic rings. The Labute approximate surface area is 108 Å². The van der Waals surface area contributed by atoms with Crippen LogP contribution >= 0.6 is 0 Å². The first-order valence-electron chi connectivity index (χ1n) is 6.03. The summed E-state index contributed by atoms with van der Waals surface area (Å²) in [6.45, 7) is 3.09. The van der Waals surface area contributed by atoms with Gasteiger partial charge in [0.2, 0.25) is 0 Å². The first kappa shape index (κ1) is 14.9. The Morgan fingerprint density at radius 3 is 2.33 bits per heavy atom. The van der Waals surface area contributed by atoms with Crippen molar-refractivity contribution < 1.29 is 14.3 Å². The van der Waals surface area contributed by atoms with Gasteiger partial charge in [0.25, 0.3) is 0 Å². The summed E-state index contributed by atoms with van der Waals surface area (Å²) in [6, 6.07) is 3.72. The predicted octanol–water partition coefficient (Wildman–Crippen LogP) is 0.803. The third kappa shape index (κ3) is 4.60. The number of nitrogens with zero attached hydrogens (tertiary/aromatic N) is 2. The summed E-state index contributed by atoms with van der Waals surface area (Å²) in [5, 5.41) is 0. The van der Waals surface area contributed by atoms with E-state index in [1.165, 1.54) is 0 Å². The third-order valence-electron chi connectivity index (χ3n) is 2.82. The maximum atomic E-state index is 12.1. The summed E-state index contributed by atoms with van der Waals surface area (Å²) in [5.41, 5.74) is 0.731. The molecule has 5 nitrogen and oxygen atoms in total. The van der Waals surface area contributed by atoms with Crippen molar-refractivity contribution in [2.24, 2.45) is 7.05 Å². The van der Waals surface area contributed by atoms with Gasteiger partial charge in [-0.15, -0.1) is 0 Å². The van der Waals surface area contributed by atoms with Gasteiger partial charge in [0.1, 0.15) is 0 Å². The van der Waals surface area contributed by atoms with Crippen LogP contribution in [-0.4, -0.2) is 62.3 Å². The van der Waals surface area contributed by atoms with Crippen molar-refractivity contribution in [2.45, 2.75) is 0 Å². The average molecular weight is 254 g/mol. The van der Waals surface area contributed by atoms with Crippen LogP contribution in [0.2, 0.25) is 0 Å². The van der Waals surface area contributed by atoms with E-state index < -0.39 is 0 Å². The van der Waals surface area contributed by atoms with Gasteiger partial charge in [-0.1, -0.05) is 0 Å². The molecule has 1 heterocycles. The highest BCUT2D eigenvalue weighted by atomic mass is 16.5. The molecule has 0 amide bonds. The number of aromatic nitrogens is 1. The van der Waals surface area contributed by atoms with Gasteiger partial charge in [0.05, 0.1) is 25.5 Å². The van der Waals surface area contributed by atoms with E-state index in [1.807, 2.05) is 34.8 Å². The number of carbonyl (C=O) groups excluding carboxylic acids is 1. The highest BCUT2D eigenvalue weighted by Gasteiger charge is 2.14. The minimum absolute atomic E-state index is 0.120. The Kier molecular flexibility index (Phi) is 6.64. The van der Waals surface area contributed by atoms with E-state index in [2.05, 4.69) is 0 Å². The Balaban J connectivity index is 2.53. The molecule has 0 saturated carbocycles. The fourth-order valence-corrected chi connectivity index (χ4v) is 1.75. The van der Waals surface area contributed by atoms with Gasteiger partial charge in [-0.05, 0) is 12.1 Å². The summed E-state index contributed by atoms with van der Waals surface area (Å²) in [4.78, 5) is 14.2. The van der Waals surface area contributed by atoms with Crippen LogP contribution < -0.4 is 0 Å². The minimum Gasteiger partial charge on any atom is -0.383 e. The van der Waals surface area contributed by atoms with E-state index in [0.29, 0.717) is 19.8 Å². The summed E-state index contributed by atoms with van der Waals surface area (Å²) in [5.74, 6) is 0.120. The SMILES string of the molecule is COCCN(CCOC)CC(=O)c1cccn1C. The molecule has 18 heavy (non-hydrogen) atoms. The van der Waals surface area contributed by atoms with Crippen molar-refractivity contribution in [1.82, 2.24) is 9.47 Å². The van der Waals surface area contributed by atoms with E-state index in [1.54, 1.807) is 14.2 Å². The molecular weight excluding hydrogens is 232 g/mol. The lowest BCUT2D eigenvalue weighted by atomic mass is 10.2. The van der Waals surface area contributed by atoms with Crippen LogP contribution in [0.4, 0.5) is 0 Å².